The summed E-state index contributed by atoms with van der Waals surface area (Å²) in [7, 11) is 0. The second-order valence-electron chi connectivity index (χ2n) is 16.9. The minimum atomic E-state index is -0.187. The highest BCUT2D eigenvalue weighted by atomic mass is 127. The topological polar surface area (TPSA) is 74.8 Å². The number of nitrogens with zero attached hydrogens (tertiary/aromatic N) is 2. The van der Waals surface area contributed by atoms with Gasteiger partial charge in [0.15, 0.2) is 0 Å². The highest BCUT2D eigenvalue weighted by molar-refractivity contribution is 14.1. The third-order valence-electron chi connectivity index (χ3n) is 13.0. The number of unbranched alkanes of at least 4 members (excludes halogenated alkanes) is 12. The average Bonchev–Trinajstić information content (AvgIpc) is 3.21. The van der Waals surface area contributed by atoms with Crippen molar-refractivity contribution in [3.05, 3.63) is 68.3 Å². The van der Waals surface area contributed by atoms with Crippen molar-refractivity contribution in [3.8, 4) is 0 Å². The molecule has 7 heteroatoms. The molecule has 6 nitrogen and oxygen atoms in total. The molecule has 0 bridgehead atoms. The van der Waals surface area contributed by atoms with Crippen molar-refractivity contribution in [2.45, 2.75) is 168 Å². The summed E-state index contributed by atoms with van der Waals surface area (Å²) in [5.41, 5.74) is 2.39. The van der Waals surface area contributed by atoms with E-state index >= 15 is 0 Å². The Balaban J connectivity index is 1.32. The zero-order chi connectivity index (χ0) is 40.2. The van der Waals surface area contributed by atoms with Gasteiger partial charge in [-0.2, -0.15) is 0 Å². The second kappa shape index (κ2) is 18.6. The molecule has 0 saturated carbocycles. The molecule has 0 aliphatic carbocycles. The molecule has 0 saturated heterocycles. The van der Waals surface area contributed by atoms with Gasteiger partial charge in [0.1, 0.15) is 0 Å². The maximum absolute atomic E-state index is 14.7. The molecule has 0 radical (unpaired) electrons. The Hall–Kier alpha value is -3.59. The van der Waals surface area contributed by atoms with E-state index in [1.165, 1.54) is 0 Å². The Morgan fingerprint density at radius 1 is 0.421 bits per heavy atom. The monoisotopic (exact) mass is 880 g/mol. The third kappa shape index (κ3) is 7.71. The van der Waals surface area contributed by atoms with E-state index < -0.39 is 0 Å². The molecule has 0 unspecified atom stereocenters. The molecule has 57 heavy (non-hydrogen) atoms. The lowest BCUT2D eigenvalue weighted by Crippen LogP contribution is -2.47. The molecule has 0 spiro atoms. The molecule has 2 aliphatic rings. The Morgan fingerprint density at radius 3 is 1.18 bits per heavy atom. The van der Waals surface area contributed by atoms with Crippen molar-refractivity contribution in [1.29, 1.82) is 0 Å². The van der Waals surface area contributed by atoms with Crippen LogP contribution in [0.25, 0.3) is 43.1 Å². The van der Waals surface area contributed by atoms with Crippen LogP contribution in [0.4, 0.5) is 0 Å². The normalized spacial score (nSPS) is 14.4. The maximum atomic E-state index is 14.7. The zero-order valence-corrected chi connectivity index (χ0v) is 36.9. The van der Waals surface area contributed by atoms with E-state index in [0.29, 0.717) is 22.3 Å². The molecular weight excluding hydrogens is 819 g/mol. The van der Waals surface area contributed by atoms with Crippen molar-refractivity contribution in [1.82, 2.24) is 9.80 Å². The Labute approximate surface area is 353 Å². The van der Waals surface area contributed by atoms with Crippen molar-refractivity contribution in [2.24, 2.45) is 0 Å². The van der Waals surface area contributed by atoms with Crippen LogP contribution >= 0.6 is 22.6 Å². The van der Waals surface area contributed by atoms with Gasteiger partial charge in [-0.25, -0.2) is 0 Å². The average molecular weight is 881 g/mol. The molecule has 302 valence electrons. The minimum Gasteiger partial charge on any atom is -0.271 e. The number of hydrogen-bond donors (Lipinski definition) is 0. The maximum Gasteiger partial charge on any atom is 0.262 e. The summed E-state index contributed by atoms with van der Waals surface area (Å²) in [6.07, 6.45) is 21.0. The van der Waals surface area contributed by atoms with E-state index in [9.17, 15) is 19.2 Å². The molecule has 5 aromatic rings. The van der Waals surface area contributed by atoms with Gasteiger partial charge in [0.25, 0.3) is 23.6 Å². The molecule has 0 atom stereocenters. The van der Waals surface area contributed by atoms with Gasteiger partial charge < -0.3 is 0 Å². The smallest absolute Gasteiger partial charge is 0.262 e. The van der Waals surface area contributed by atoms with Gasteiger partial charge in [-0.1, -0.05) is 149 Å². The van der Waals surface area contributed by atoms with Crippen LogP contribution in [0.2, 0.25) is 0 Å². The molecule has 0 aromatic heterocycles. The summed E-state index contributed by atoms with van der Waals surface area (Å²) in [5, 5.41) is 7.06. The summed E-state index contributed by atoms with van der Waals surface area (Å²) < 4.78 is 0.822. The predicted molar refractivity (Wildman–Crippen MR) is 244 cm³/mol. The van der Waals surface area contributed by atoms with Gasteiger partial charge in [0.2, 0.25) is 0 Å². The van der Waals surface area contributed by atoms with E-state index in [0.717, 1.165) is 175 Å². The van der Waals surface area contributed by atoms with E-state index in [4.69, 9.17) is 0 Å². The van der Waals surface area contributed by atoms with Crippen molar-refractivity contribution < 1.29 is 19.2 Å². The van der Waals surface area contributed by atoms with Gasteiger partial charge in [0.05, 0.1) is 5.56 Å². The SMILES string of the molecule is CCCCCCC(CCCCCC)N1C(=O)c2ccc3c4ccc5c6c(c(I)cc(c7ccc(c2c37)C1=O)c64)C(=O)N(C(CCCCCC)CCCCCC)C5=O. The van der Waals surface area contributed by atoms with E-state index in [1.807, 2.05) is 36.4 Å². The Morgan fingerprint density at radius 2 is 0.772 bits per heavy atom. The van der Waals surface area contributed by atoms with Crippen LogP contribution in [0.5, 0.6) is 0 Å². The number of amides is 4. The van der Waals surface area contributed by atoms with Gasteiger partial charge in [-0.05, 0) is 105 Å². The number of carbonyl (C=O) groups excluding carboxylic acids is 4. The number of benzene rings is 5. The van der Waals surface area contributed by atoms with Crippen LogP contribution < -0.4 is 0 Å². The second-order valence-corrected chi connectivity index (χ2v) is 18.1. The van der Waals surface area contributed by atoms with Crippen molar-refractivity contribution in [3.63, 3.8) is 0 Å². The number of halogens is 1. The fourth-order valence-corrected chi connectivity index (χ4v) is 10.9. The number of rotatable bonds is 22. The van der Waals surface area contributed by atoms with Gasteiger partial charge in [-0.15, -0.1) is 0 Å². The number of carbonyl (C=O) groups is 4. The van der Waals surface area contributed by atoms with E-state index in [-0.39, 0.29) is 35.7 Å². The van der Waals surface area contributed by atoms with Crippen LogP contribution in [-0.2, 0) is 0 Å². The zero-order valence-electron chi connectivity index (χ0n) is 34.7. The molecule has 2 aliphatic heterocycles. The first kappa shape index (κ1) is 41.6. The first-order chi connectivity index (χ1) is 27.8. The molecule has 0 fully saturated rings. The first-order valence-corrected chi connectivity index (χ1v) is 23.5. The standard InChI is InChI=1S/C50H61IN2O4/c1-5-9-13-17-21-32(22-18-14-10-6-2)52-47(54)37-28-25-34-35-26-30-39-45-43(35)40(36-27-29-38(48(52)55)44(37)42(34)36)31-41(51)46(45)50(57)53(49(39)56)33(23-19-15-11-7-3)24-20-16-12-8-4/h25-33H,5-24H2,1-4H3. The highest BCUT2D eigenvalue weighted by Crippen LogP contribution is 2.48. The van der Waals surface area contributed by atoms with Gasteiger partial charge in [0, 0.05) is 43.1 Å². The molecular formula is C50H61IN2O4. The van der Waals surface area contributed by atoms with Gasteiger partial charge in [-0.3, -0.25) is 29.0 Å². The minimum absolute atomic E-state index is 0.116. The number of hydrogen-bond acceptors (Lipinski definition) is 4. The lowest BCUT2D eigenvalue weighted by molar-refractivity contribution is 0.0501. The largest absolute Gasteiger partial charge is 0.271 e. The highest BCUT2D eigenvalue weighted by Gasteiger charge is 2.41. The lowest BCUT2D eigenvalue weighted by atomic mass is 9.81. The van der Waals surface area contributed by atoms with Crippen molar-refractivity contribution >= 4 is 89.3 Å². The van der Waals surface area contributed by atoms with Crippen LogP contribution in [0.1, 0.15) is 198 Å². The first-order valence-electron chi connectivity index (χ1n) is 22.4. The molecule has 7 rings (SSSR count). The van der Waals surface area contributed by atoms with Gasteiger partial charge >= 0.3 is 0 Å². The summed E-state index contributed by atoms with van der Waals surface area (Å²) in [6.45, 7) is 8.82. The summed E-state index contributed by atoms with van der Waals surface area (Å²) in [6, 6.07) is 13.7. The van der Waals surface area contributed by atoms with E-state index in [1.54, 1.807) is 9.80 Å². The van der Waals surface area contributed by atoms with E-state index in [2.05, 4.69) is 56.4 Å². The third-order valence-corrected chi connectivity index (χ3v) is 13.9. The quantitative estimate of drug-likeness (QED) is 0.0228. The summed E-state index contributed by atoms with van der Waals surface area (Å²) in [5.74, 6) is -0.738. The summed E-state index contributed by atoms with van der Waals surface area (Å²) in [4.78, 5) is 61.7. The van der Waals surface area contributed by atoms with Crippen LogP contribution in [0.15, 0.2) is 42.5 Å². The fraction of sp³-hybridized carbons (Fsp3) is 0.520. The van der Waals surface area contributed by atoms with Crippen LogP contribution in [-0.4, -0.2) is 45.5 Å². The fourth-order valence-electron chi connectivity index (χ4n) is 10.0. The predicted octanol–water partition coefficient (Wildman–Crippen LogP) is 14.2. The van der Waals surface area contributed by atoms with Crippen LogP contribution in [0.3, 0.4) is 0 Å². The summed E-state index contributed by atoms with van der Waals surface area (Å²) >= 11 is 2.29. The Bertz CT molecular complexity index is 2250. The molecule has 2 heterocycles. The van der Waals surface area contributed by atoms with Crippen molar-refractivity contribution in [2.75, 3.05) is 0 Å². The molecule has 0 N–H and O–H groups in total. The molecule has 4 amide bonds. The van der Waals surface area contributed by atoms with Crippen LogP contribution in [0, 0.1) is 3.57 Å². The number of fused-ring (bicyclic) bond motifs is 2. The molecule has 5 aromatic carbocycles. The number of imide groups is 2. The Kier molecular flexibility index (Phi) is 13.5. The lowest BCUT2D eigenvalue weighted by Gasteiger charge is -2.36.